The Hall–Kier alpha value is -1.53. The minimum absolute atomic E-state index is 0.0555. The van der Waals surface area contributed by atoms with E-state index in [9.17, 15) is 4.79 Å². The van der Waals surface area contributed by atoms with E-state index in [1.807, 2.05) is 19.1 Å². The zero-order valence-corrected chi connectivity index (χ0v) is 23.4. The van der Waals surface area contributed by atoms with Crippen molar-refractivity contribution in [2.24, 2.45) is 5.92 Å². The molecule has 3 atom stereocenters. The summed E-state index contributed by atoms with van der Waals surface area (Å²) < 4.78 is 45.1. The van der Waals surface area contributed by atoms with Crippen LogP contribution in [0.3, 0.4) is 0 Å². The van der Waals surface area contributed by atoms with Crippen molar-refractivity contribution >= 4 is 14.0 Å². The Morgan fingerprint density at radius 3 is 2.49 bits per heavy atom. The molecule has 2 rings (SSSR count). The molecule has 0 amide bonds. The van der Waals surface area contributed by atoms with Gasteiger partial charge in [-0.1, -0.05) is 37.4 Å². The predicted molar refractivity (Wildman–Crippen MR) is 133 cm³/mol. The molecule has 2 aliphatic rings. The van der Waals surface area contributed by atoms with Gasteiger partial charge < -0.3 is 37.9 Å². The fourth-order valence-electron chi connectivity index (χ4n) is 4.28. The van der Waals surface area contributed by atoms with Gasteiger partial charge in [0.1, 0.15) is 19.3 Å². The molecule has 1 spiro atoms. The molecular weight excluding hydrogens is 472 g/mol. The van der Waals surface area contributed by atoms with Crippen LogP contribution in [0.5, 0.6) is 0 Å². The maximum Gasteiger partial charge on any atom is 0.335 e. The third kappa shape index (κ3) is 8.24. The Morgan fingerprint density at radius 2 is 1.89 bits per heavy atom. The van der Waals surface area contributed by atoms with Crippen molar-refractivity contribution in [3.8, 4) is 0 Å². The molecule has 200 valence electrons. The molecule has 0 saturated heterocycles. The minimum atomic E-state index is -1.14. The van der Waals surface area contributed by atoms with E-state index in [0.717, 1.165) is 17.2 Å². The molecule has 10 heteroatoms. The van der Waals surface area contributed by atoms with E-state index in [1.54, 1.807) is 21.3 Å². The number of esters is 1. The largest absolute Gasteiger partial charge is 0.497 e. The highest BCUT2D eigenvalue weighted by molar-refractivity contribution is 6.76. The number of hydrogen-bond acceptors (Lipinski definition) is 9. The van der Waals surface area contributed by atoms with Gasteiger partial charge in [-0.25, -0.2) is 4.79 Å². The Balaban J connectivity index is 2.27. The molecule has 0 aromatic heterocycles. The zero-order chi connectivity index (χ0) is 26.1. The summed E-state index contributed by atoms with van der Waals surface area (Å²) in [4.78, 5) is 12.4. The summed E-state index contributed by atoms with van der Waals surface area (Å²) in [5.41, 5.74) is 0.612. The van der Waals surface area contributed by atoms with Gasteiger partial charge in [-0.15, -0.1) is 0 Å². The van der Waals surface area contributed by atoms with E-state index in [4.69, 9.17) is 37.9 Å². The third-order valence-corrected chi connectivity index (χ3v) is 7.68. The van der Waals surface area contributed by atoms with Crippen LogP contribution in [0.4, 0.5) is 0 Å². The first-order valence-electron chi connectivity index (χ1n) is 11.8. The summed E-state index contributed by atoms with van der Waals surface area (Å²) in [5, 5.41) is 0. The van der Waals surface area contributed by atoms with Crippen molar-refractivity contribution in [2.75, 3.05) is 55.2 Å². The van der Waals surface area contributed by atoms with E-state index in [-0.39, 0.29) is 13.6 Å². The quantitative estimate of drug-likeness (QED) is 0.107. The van der Waals surface area contributed by atoms with E-state index >= 15 is 0 Å². The van der Waals surface area contributed by atoms with Gasteiger partial charge in [0.2, 0.25) is 0 Å². The number of carbonyl (C=O) groups excluding carboxylic acids is 1. The summed E-state index contributed by atoms with van der Waals surface area (Å²) in [6.45, 7) is 10.2. The van der Waals surface area contributed by atoms with Gasteiger partial charge in [-0.3, -0.25) is 0 Å². The second-order valence-electron chi connectivity index (χ2n) is 10.0. The normalized spacial score (nSPS) is 25.2. The SMILES string of the molecule is COCO[C@H]1C=C(C(OC)OC)C[C@]2(OC(=O)C=C2OC)[C@@H]1/C=C(\C)COCOCC[Si](C)(C)C. The van der Waals surface area contributed by atoms with Crippen molar-refractivity contribution in [3.05, 3.63) is 35.1 Å². The summed E-state index contributed by atoms with van der Waals surface area (Å²) >= 11 is 0. The van der Waals surface area contributed by atoms with E-state index in [2.05, 4.69) is 19.6 Å². The van der Waals surface area contributed by atoms with Crippen molar-refractivity contribution in [2.45, 2.75) is 57.0 Å². The van der Waals surface area contributed by atoms with Gasteiger partial charge >= 0.3 is 5.97 Å². The zero-order valence-electron chi connectivity index (χ0n) is 22.4. The summed E-state index contributed by atoms with van der Waals surface area (Å²) in [5.74, 6) is -0.442. The highest BCUT2D eigenvalue weighted by Gasteiger charge is 2.56. The average molecular weight is 515 g/mol. The third-order valence-electron chi connectivity index (χ3n) is 5.97. The van der Waals surface area contributed by atoms with Gasteiger partial charge in [0, 0.05) is 42.4 Å². The number of carbonyl (C=O) groups is 1. The molecule has 35 heavy (non-hydrogen) atoms. The molecule has 1 aliphatic carbocycles. The number of hydrogen-bond donors (Lipinski definition) is 0. The lowest BCUT2D eigenvalue weighted by atomic mass is 9.72. The van der Waals surface area contributed by atoms with Gasteiger partial charge in [-0.2, -0.15) is 0 Å². The molecule has 1 heterocycles. The molecule has 0 aromatic rings. The van der Waals surface area contributed by atoms with Crippen molar-refractivity contribution in [1.82, 2.24) is 0 Å². The van der Waals surface area contributed by atoms with Crippen LogP contribution in [0.15, 0.2) is 35.1 Å². The van der Waals surface area contributed by atoms with Crippen LogP contribution in [-0.4, -0.2) is 87.3 Å². The average Bonchev–Trinajstić information content (AvgIpc) is 3.11. The van der Waals surface area contributed by atoms with Gasteiger partial charge in [0.05, 0.1) is 31.8 Å². The van der Waals surface area contributed by atoms with E-state index in [0.29, 0.717) is 25.4 Å². The first-order chi connectivity index (χ1) is 16.6. The minimum Gasteiger partial charge on any atom is -0.497 e. The van der Waals surface area contributed by atoms with Crippen LogP contribution >= 0.6 is 0 Å². The Kier molecular flexibility index (Phi) is 11.6. The van der Waals surface area contributed by atoms with Gasteiger partial charge in [0.25, 0.3) is 0 Å². The molecule has 1 aliphatic heterocycles. The van der Waals surface area contributed by atoms with Crippen LogP contribution in [-0.2, 0) is 42.7 Å². The molecule has 0 N–H and O–H groups in total. The molecule has 0 bridgehead atoms. The van der Waals surface area contributed by atoms with Gasteiger partial charge in [-0.05, 0) is 18.5 Å². The fourth-order valence-corrected chi connectivity index (χ4v) is 5.03. The Morgan fingerprint density at radius 1 is 1.17 bits per heavy atom. The second-order valence-corrected chi connectivity index (χ2v) is 15.6. The maximum absolute atomic E-state index is 12.4. The van der Waals surface area contributed by atoms with Crippen LogP contribution in [0.1, 0.15) is 13.3 Å². The van der Waals surface area contributed by atoms with Crippen molar-refractivity contribution < 1.29 is 42.7 Å². The lowest BCUT2D eigenvalue weighted by molar-refractivity contribution is -0.164. The first-order valence-corrected chi connectivity index (χ1v) is 15.5. The number of rotatable bonds is 15. The van der Waals surface area contributed by atoms with Crippen LogP contribution in [0.2, 0.25) is 25.7 Å². The Bertz CT molecular complexity index is 782. The molecule has 0 fully saturated rings. The van der Waals surface area contributed by atoms with Crippen molar-refractivity contribution in [3.63, 3.8) is 0 Å². The Labute approximate surface area is 210 Å². The summed E-state index contributed by atoms with van der Waals surface area (Å²) in [6, 6.07) is 1.09. The first kappa shape index (κ1) is 29.7. The smallest absolute Gasteiger partial charge is 0.335 e. The highest BCUT2D eigenvalue weighted by Crippen LogP contribution is 2.48. The molecule has 0 radical (unpaired) electrons. The molecule has 0 unspecified atom stereocenters. The monoisotopic (exact) mass is 514 g/mol. The van der Waals surface area contributed by atoms with Crippen molar-refractivity contribution in [1.29, 1.82) is 0 Å². The highest BCUT2D eigenvalue weighted by atomic mass is 28.3. The fraction of sp³-hybridized carbons (Fsp3) is 0.720. The predicted octanol–water partition coefficient (Wildman–Crippen LogP) is 3.64. The van der Waals surface area contributed by atoms with E-state index in [1.165, 1.54) is 13.2 Å². The lowest BCUT2D eigenvalue weighted by Crippen LogP contribution is -2.51. The molecule has 9 nitrogen and oxygen atoms in total. The van der Waals surface area contributed by atoms with Crippen LogP contribution in [0.25, 0.3) is 0 Å². The summed E-state index contributed by atoms with van der Waals surface area (Å²) in [7, 11) is 5.05. The topological polar surface area (TPSA) is 90.9 Å². The van der Waals surface area contributed by atoms with E-state index < -0.39 is 38.0 Å². The molecular formula is C25H42O9Si. The standard InChI is InChI=1S/C25H42O9Si/c1-18(15-32-17-31-9-10-35(6,7)8)11-20-21(33-16-27-2)12-19(24(29-4)30-5)14-25(20)22(28-3)13-23(26)34-25/h11-13,20-21,24H,9-10,14-17H2,1-8H3/b18-11+/t20-,21+,25+/m1/s1. The number of methoxy groups -OCH3 is 4. The van der Waals surface area contributed by atoms with Crippen LogP contribution in [0, 0.1) is 5.92 Å². The van der Waals surface area contributed by atoms with Crippen LogP contribution < -0.4 is 0 Å². The summed E-state index contributed by atoms with van der Waals surface area (Å²) in [6.07, 6.45) is 4.53. The maximum atomic E-state index is 12.4. The number of ether oxygens (including phenoxy) is 8. The molecule has 0 saturated carbocycles. The second kappa shape index (κ2) is 13.7. The lowest BCUT2D eigenvalue weighted by Gasteiger charge is -2.44. The molecule has 0 aromatic carbocycles. The van der Waals surface area contributed by atoms with Gasteiger partial charge in [0.15, 0.2) is 11.9 Å².